The molecule has 1 N–H and O–H groups in total. The number of aliphatic imine (C=N–C) groups is 1. The van der Waals surface area contributed by atoms with Crippen LogP contribution in [-0.4, -0.2) is 51.0 Å². The Morgan fingerprint density at radius 1 is 1.13 bits per heavy atom. The Balaban J connectivity index is 1.23. The lowest BCUT2D eigenvalue weighted by Gasteiger charge is -2.20. The van der Waals surface area contributed by atoms with E-state index in [0.717, 1.165) is 35.2 Å². The van der Waals surface area contributed by atoms with Gasteiger partial charge in [-0.05, 0) is 72.5 Å². The van der Waals surface area contributed by atoms with Crippen molar-refractivity contribution in [2.45, 2.75) is 39.6 Å². The van der Waals surface area contributed by atoms with E-state index < -0.39 is 12.4 Å². The fourth-order valence-electron chi connectivity index (χ4n) is 4.72. The Hall–Kier alpha value is -4.56. The molecule has 0 saturated carbocycles. The van der Waals surface area contributed by atoms with Gasteiger partial charge in [-0.3, -0.25) is 9.69 Å². The van der Waals surface area contributed by atoms with Crippen molar-refractivity contribution in [2.24, 2.45) is 4.99 Å². The fourth-order valence-corrected chi connectivity index (χ4v) is 5.82. The first-order valence-corrected chi connectivity index (χ1v) is 15.5. The molecule has 1 aliphatic rings. The van der Waals surface area contributed by atoms with Gasteiger partial charge in [-0.2, -0.15) is 9.98 Å². The number of aromatic nitrogens is 3. The molecule has 10 nitrogen and oxygen atoms in total. The van der Waals surface area contributed by atoms with Gasteiger partial charge in [-0.1, -0.05) is 54.9 Å². The number of nitrogens with zero attached hydrogens (tertiary/aromatic N) is 6. The Kier molecular flexibility index (Phi) is 9.87. The van der Waals surface area contributed by atoms with Gasteiger partial charge in [0.15, 0.2) is 5.17 Å². The summed E-state index contributed by atoms with van der Waals surface area (Å²) < 4.78 is 42.6. The molecule has 2 heterocycles. The maximum Gasteiger partial charge on any atom is 0.573 e. The zero-order valence-corrected chi connectivity index (χ0v) is 26.6. The minimum absolute atomic E-state index is 0.135. The van der Waals surface area contributed by atoms with Crippen LogP contribution < -0.4 is 19.9 Å². The van der Waals surface area contributed by atoms with Crippen LogP contribution in [0.3, 0.4) is 0 Å². The quantitative estimate of drug-likeness (QED) is 0.198. The molecule has 0 bridgehead atoms. The molecule has 0 unspecified atom stereocenters. The average molecular weight is 672 g/mol. The van der Waals surface area contributed by atoms with E-state index in [1.807, 2.05) is 25.1 Å². The lowest BCUT2D eigenvalue weighted by atomic mass is 10.0. The number of carbonyl (C=O) groups excluding carboxylic acids is 2. The van der Waals surface area contributed by atoms with Gasteiger partial charge in [-0.25, -0.2) is 9.48 Å². The van der Waals surface area contributed by atoms with E-state index in [1.165, 1.54) is 51.9 Å². The van der Waals surface area contributed by atoms with Crippen molar-refractivity contribution in [1.82, 2.24) is 14.8 Å². The number of hydrogen-bond donors (Lipinski definition) is 1. The standard InChI is InChI=1S/C31H29ClF3N7O3S/c1-4-5-20-7-6-19(2)14-26(20)42-27(43)17-46-30(42)38-29(44)37-22-9-8-21(25(32)15-22)16-40(3)28-36-18-41(39-28)23-10-12-24(13-11-23)45-31(33,34)35/h6-15,18H,4-5,16-17H2,1-3H3,(H,37,44). The van der Waals surface area contributed by atoms with Crippen molar-refractivity contribution in [3.8, 4) is 11.4 Å². The molecule has 1 saturated heterocycles. The van der Waals surface area contributed by atoms with Crippen LogP contribution in [0.4, 0.5) is 35.3 Å². The van der Waals surface area contributed by atoms with E-state index in [1.54, 1.807) is 30.1 Å². The Morgan fingerprint density at radius 2 is 1.87 bits per heavy atom. The average Bonchev–Trinajstić information content (AvgIpc) is 3.62. The van der Waals surface area contributed by atoms with Gasteiger partial charge in [0.25, 0.3) is 0 Å². The van der Waals surface area contributed by atoms with Crippen molar-refractivity contribution in [1.29, 1.82) is 0 Å². The summed E-state index contributed by atoms with van der Waals surface area (Å²) in [5.74, 6) is 0.0661. The molecule has 3 aromatic carbocycles. The van der Waals surface area contributed by atoms with Gasteiger partial charge in [0.2, 0.25) is 11.9 Å². The summed E-state index contributed by atoms with van der Waals surface area (Å²) in [6.07, 6.45) is -1.64. The molecule has 5 rings (SSSR count). The highest BCUT2D eigenvalue weighted by Gasteiger charge is 2.32. The minimum Gasteiger partial charge on any atom is -0.406 e. The molecule has 240 valence electrons. The summed E-state index contributed by atoms with van der Waals surface area (Å²) in [6.45, 7) is 4.34. The summed E-state index contributed by atoms with van der Waals surface area (Å²) in [7, 11) is 1.76. The number of benzene rings is 3. The second kappa shape index (κ2) is 13.8. The summed E-state index contributed by atoms with van der Waals surface area (Å²) in [4.78, 5) is 37.5. The van der Waals surface area contributed by atoms with Gasteiger partial charge in [0.1, 0.15) is 12.1 Å². The highest BCUT2D eigenvalue weighted by molar-refractivity contribution is 8.15. The number of hydrogen-bond acceptors (Lipinski definition) is 7. The molecular formula is C31H29ClF3N7O3S. The Morgan fingerprint density at radius 3 is 2.57 bits per heavy atom. The third-order valence-corrected chi connectivity index (χ3v) is 8.11. The number of amidine groups is 1. The predicted molar refractivity (Wildman–Crippen MR) is 173 cm³/mol. The van der Waals surface area contributed by atoms with Crippen molar-refractivity contribution >= 4 is 57.8 Å². The molecular weight excluding hydrogens is 643 g/mol. The molecule has 0 spiro atoms. The highest BCUT2D eigenvalue weighted by Crippen LogP contribution is 2.32. The number of thioether (sulfide) groups is 1. The molecule has 0 radical (unpaired) electrons. The number of ether oxygens (including phenoxy) is 1. The van der Waals surface area contributed by atoms with Gasteiger partial charge in [0.05, 0.1) is 17.1 Å². The number of alkyl halides is 3. The molecule has 1 aliphatic heterocycles. The van der Waals surface area contributed by atoms with E-state index in [-0.39, 0.29) is 17.4 Å². The molecule has 0 atom stereocenters. The van der Waals surface area contributed by atoms with Crippen LogP contribution in [-0.2, 0) is 17.8 Å². The monoisotopic (exact) mass is 671 g/mol. The maximum absolute atomic E-state index is 12.9. The summed E-state index contributed by atoms with van der Waals surface area (Å²) >= 11 is 7.76. The number of halogens is 4. The van der Waals surface area contributed by atoms with Crippen molar-refractivity contribution in [3.05, 3.63) is 88.7 Å². The number of nitrogens with one attached hydrogen (secondary N) is 1. The molecule has 3 amide bonds. The van der Waals surface area contributed by atoms with Crippen molar-refractivity contribution in [2.75, 3.05) is 27.9 Å². The van der Waals surface area contributed by atoms with Crippen LogP contribution >= 0.6 is 23.4 Å². The number of rotatable bonds is 9. The normalized spacial score (nSPS) is 14.2. The lowest BCUT2D eigenvalue weighted by molar-refractivity contribution is -0.274. The van der Waals surface area contributed by atoms with E-state index in [4.69, 9.17) is 11.6 Å². The number of urea groups is 1. The molecule has 15 heteroatoms. The Bertz CT molecular complexity index is 1780. The van der Waals surface area contributed by atoms with Crippen LogP contribution in [0, 0.1) is 6.92 Å². The zero-order chi connectivity index (χ0) is 33.0. The number of amides is 3. The molecule has 4 aromatic rings. The fraction of sp³-hybridized carbons (Fsp3) is 0.258. The van der Waals surface area contributed by atoms with E-state index in [0.29, 0.717) is 34.1 Å². The van der Waals surface area contributed by atoms with Gasteiger partial charge in [0, 0.05) is 24.3 Å². The van der Waals surface area contributed by atoms with E-state index >= 15 is 0 Å². The number of carbonyl (C=O) groups is 2. The molecule has 1 fully saturated rings. The smallest absolute Gasteiger partial charge is 0.406 e. The Labute approximate surface area is 272 Å². The van der Waals surface area contributed by atoms with E-state index in [2.05, 4.69) is 32.1 Å². The van der Waals surface area contributed by atoms with E-state index in [9.17, 15) is 22.8 Å². The third-order valence-electron chi connectivity index (χ3n) is 6.83. The van der Waals surface area contributed by atoms with Crippen LogP contribution in [0.2, 0.25) is 5.02 Å². The predicted octanol–water partition coefficient (Wildman–Crippen LogP) is 7.38. The summed E-state index contributed by atoms with van der Waals surface area (Å²) in [5, 5.41) is 7.81. The van der Waals surface area contributed by atoms with Crippen molar-refractivity contribution in [3.63, 3.8) is 0 Å². The largest absolute Gasteiger partial charge is 0.573 e. The summed E-state index contributed by atoms with van der Waals surface area (Å²) in [5.41, 5.74) is 4.40. The second-order valence-corrected chi connectivity index (χ2v) is 11.8. The lowest BCUT2D eigenvalue weighted by Crippen LogP contribution is -2.31. The number of aryl methyl sites for hydroxylation is 2. The van der Waals surface area contributed by atoms with Gasteiger partial charge < -0.3 is 15.0 Å². The van der Waals surface area contributed by atoms with Crippen molar-refractivity contribution < 1.29 is 27.5 Å². The first-order chi connectivity index (χ1) is 21.9. The molecule has 0 aliphatic carbocycles. The highest BCUT2D eigenvalue weighted by atomic mass is 35.5. The van der Waals surface area contributed by atoms with Crippen LogP contribution in [0.1, 0.15) is 30.0 Å². The van der Waals surface area contributed by atoms with Gasteiger partial charge in [-0.15, -0.1) is 18.3 Å². The van der Waals surface area contributed by atoms with Crippen LogP contribution in [0.5, 0.6) is 5.75 Å². The topological polar surface area (TPSA) is 105 Å². The van der Waals surface area contributed by atoms with Gasteiger partial charge >= 0.3 is 12.4 Å². The SMILES string of the molecule is CCCc1ccc(C)cc1N1C(=O)CSC1=NC(=O)Nc1ccc(CN(C)c2ncn(-c3ccc(OC(F)(F)F)cc3)n2)c(Cl)c1. The van der Waals surface area contributed by atoms with Crippen LogP contribution in [0.25, 0.3) is 5.69 Å². The first kappa shape index (κ1) is 32.8. The zero-order valence-electron chi connectivity index (χ0n) is 25.0. The summed E-state index contributed by atoms with van der Waals surface area (Å²) in [6, 6.07) is 15.6. The molecule has 46 heavy (non-hydrogen) atoms. The minimum atomic E-state index is -4.78. The number of anilines is 3. The first-order valence-electron chi connectivity index (χ1n) is 14.1. The third kappa shape index (κ3) is 7.98. The second-order valence-electron chi connectivity index (χ2n) is 10.4. The molecule has 1 aromatic heterocycles. The van der Waals surface area contributed by atoms with Crippen LogP contribution in [0.15, 0.2) is 72.0 Å². The maximum atomic E-state index is 12.9.